The van der Waals surface area contributed by atoms with E-state index in [9.17, 15) is 0 Å². The minimum Gasteiger partial charge on any atom is -0.0622 e. The van der Waals surface area contributed by atoms with E-state index < -0.39 is 0 Å². The fourth-order valence-electron chi connectivity index (χ4n) is 16.0. The average Bonchev–Trinajstić information content (AvgIpc) is 1.83. The second kappa shape index (κ2) is 18.1. The summed E-state index contributed by atoms with van der Waals surface area (Å²) in [6.07, 6.45) is 0. The van der Waals surface area contributed by atoms with Crippen LogP contribution >= 0.6 is 0 Å². The van der Waals surface area contributed by atoms with Crippen molar-refractivity contribution < 1.29 is 0 Å². The fourth-order valence-corrected chi connectivity index (χ4v) is 16.0. The molecule has 0 aliphatic heterocycles. The summed E-state index contributed by atoms with van der Waals surface area (Å²) in [5.41, 5.74) is 31.0. The molecule has 0 nitrogen and oxygen atoms in total. The van der Waals surface area contributed by atoms with Crippen LogP contribution in [-0.2, 0) is 16.2 Å². The molecule has 0 N–H and O–H groups in total. The summed E-state index contributed by atoms with van der Waals surface area (Å²) in [5, 5.41) is 10.2. The Morgan fingerprint density at radius 2 is 0.388 bits per heavy atom. The zero-order chi connectivity index (χ0) is 57.1. The van der Waals surface area contributed by atoms with Crippen molar-refractivity contribution in [2.24, 2.45) is 0 Å². The SMILES string of the molecule is CC1(C)c2ccccc2-c2ccc(-c3c4ccccc4c(-c4ccc5c(c4)C(C)(C)c4cc(-c6ccc7c(c6)C(C)(C)c6cc(-c8c9ccccc9c(-c9ccc(-c%10ccccc%10)cc9)c9ccccc89)ccc6-7)ccc4-5)c4ccccc34)cc21. The summed E-state index contributed by atoms with van der Waals surface area (Å²) < 4.78 is 0. The summed E-state index contributed by atoms with van der Waals surface area (Å²) in [4.78, 5) is 0. The monoisotopic (exact) mass is 1080 g/mol. The van der Waals surface area contributed by atoms with Crippen LogP contribution in [0.2, 0.25) is 0 Å². The average molecular weight is 1080 g/mol. The van der Waals surface area contributed by atoms with Gasteiger partial charge in [0.1, 0.15) is 0 Å². The zero-order valence-electron chi connectivity index (χ0n) is 48.9. The number of hydrogen-bond acceptors (Lipinski definition) is 0. The summed E-state index contributed by atoms with van der Waals surface area (Å²) in [5.74, 6) is 0. The molecule has 14 aromatic carbocycles. The lowest BCUT2D eigenvalue weighted by molar-refractivity contribution is 0.660. The van der Waals surface area contributed by atoms with Crippen molar-refractivity contribution in [1.82, 2.24) is 0 Å². The Bertz CT molecular complexity index is 5060. The van der Waals surface area contributed by atoms with Crippen LogP contribution in [0.3, 0.4) is 0 Å². The third-order valence-electron chi connectivity index (χ3n) is 20.3. The van der Waals surface area contributed by atoms with Crippen molar-refractivity contribution >= 4 is 43.1 Å². The van der Waals surface area contributed by atoms with Gasteiger partial charge in [0.05, 0.1) is 0 Å². The third kappa shape index (κ3) is 7.16. The Hall–Kier alpha value is -9.88. The Labute approximate surface area is 498 Å². The maximum Gasteiger partial charge on any atom is 0.0159 e. The zero-order valence-corrected chi connectivity index (χ0v) is 48.9. The van der Waals surface area contributed by atoms with Gasteiger partial charge in [0, 0.05) is 16.2 Å². The lowest BCUT2D eigenvalue weighted by atomic mass is 9.79. The highest BCUT2D eigenvalue weighted by atomic mass is 14.4. The molecule has 85 heavy (non-hydrogen) atoms. The van der Waals surface area contributed by atoms with Gasteiger partial charge >= 0.3 is 0 Å². The Morgan fingerprint density at radius 1 is 0.165 bits per heavy atom. The van der Waals surface area contributed by atoms with Crippen LogP contribution in [0.25, 0.3) is 143 Å². The van der Waals surface area contributed by atoms with Crippen molar-refractivity contribution in [2.45, 2.75) is 57.8 Å². The minimum absolute atomic E-state index is 0.0829. The van der Waals surface area contributed by atoms with Crippen molar-refractivity contribution in [1.29, 1.82) is 0 Å². The van der Waals surface area contributed by atoms with E-state index >= 15 is 0 Å². The maximum atomic E-state index is 2.52. The summed E-state index contributed by atoms with van der Waals surface area (Å²) in [6, 6.07) is 101. The molecule has 3 aliphatic carbocycles. The van der Waals surface area contributed by atoms with Crippen LogP contribution in [-0.4, -0.2) is 0 Å². The normalized spacial score (nSPS) is 14.5. The Morgan fingerprint density at radius 3 is 0.741 bits per heavy atom. The summed E-state index contributed by atoms with van der Waals surface area (Å²) in [6.45, 7) is 14.5. The quantitative estimate of drug-likeness (QED) is 0.146. The van der Waals surface area contributed by atoms with Gasteiger partial charge in [-0.05, 0) is 207 Å². The second-order valence-electron chi connectivity index (χ2n) is 25.8. The highest BCUT2D eigenvalue weighted by Gasteiger charge is 2.39. The molecule has 0 unspecified atom stereocenters. The van der Waals surface area contributed by atoms with E-state index in [0.29, 0.717) is 0 Å². The molecule has 402 valence electrons. The van der Waals surface area contributed by atoms with E-state index in [1.807, 2.05) is 0 Å². The standard InChI is InChI=1S/C85H62/c1-83(2)73-31-19-18-22-59(73)60-43-38-56(48-76(60)83)81-69-27-14-16-29-71(69)82(72-30-17-15-28-70(72)81)58-40-45-64-62-42-37-55(47-75(62)85(5,6)78(64)50-58)54-36-41-61-63-44-39-57(49-77(63)84(3,4)74(61)46-54)80-67-25-12-10-23-65(67)79(66-24-11-13-26-68(66)80)53-34-32-52(33-35-53)51-20-8-7-9-21-51/h7-50H,1-6H3. The smallest absolute Gasteiger partial charge is 0.0159 e. The molecule has 0 amide bonds. The molecule has 0 aromatic heterocycles. The molecular formula is C85H62. The van der Waals surface area contributed by atoms with Crippen LogP contribution in [0, 0.1) is 0 Å². The van der Waals surface area contributed by atoms with Crippen LogP contribution in [0.4, 0.5) is 0 Å². The number of benzene rings is 14. The summed E-state index contributed by atoms with van der Waals surface area (Å²) >= 11 is 0. The van der Waals surface area contributed by atoms with Gasteiger partial charge in [-0.1, -0.05) is 278 Å². The number of fused-ring (bicyclic) bond motifs is 13. The van der Waals surface area contributed by atoms with Crippen molar-refractivity contribution in [3.63, 3.8) is 0 Å². The predicted molar refractivity (Wildman–Crippen MR) is 362 cm³/mol. The fraction of sp³-hybridized carbons (Fsp3) is 0.106. The molecule has 0 fully saturated rings. The lowest BCUT2D eigenvalue weighted by Gasteiger charge is -2.24. The summed E-state index contributed by atoms with van der Waals surface area (Å²) in [7, 11) is 0. The topological polar surface area (TPSA) is 0 Å². The molecule has 0 heteroatoms. The minimum atomic E-state index is -0.223. The molecule has 0 atom stereocenters. The second-order valence-corrected chi connectivity index (χ2v) is 25.8. The largest absolute Gasteiger partial charge is 0.0622 e. The molecule has 0 saturated carbocycles. The molecule has 17 rings (SSSR count). The van der Waals surface area contributed by atoms with Crippen molar-refractivity contribution in [2.75, 3.05) is 0 Å². The third-order valence-corrected chi connectivity index (χ3v) is 20.3. The van der Waals surface area contributed by atoms with Crippen LogP contribution in [0.5, 0.6) is 0 Å². The first-order valence-electron chi connectivity index (χ1n) is 30.3. The molecule has 0 spiro atoms. The van der Waals surface area contributed by atoms with Gasteiger partial charge in [0.15, 0.2) is 0 Å². The van der Waals surface area contributed by atoms with E-state index in [4.69, 9.17) is 0 Å². The predicted octanol–water partition coefficient (Wildman–Crippen LogP) is 23.2. The van der Waals surface area contributed by atoms with Gasteiger partial charge < -0.3 is 0 Å². The molecule has 0 saturated heterocycles. The molecule has 14 aromatic rings. The van der Waals surface area contributed by atoms with Gasteiger partial charge in [-0.15, -0.1) is 0 Å². The maximum absolute atomic E-state index is 2.52. The van der Waals surface area contributed by atoms with Crippen LogP contribution in [0.15, 0.2) is 267 Å². The lowest BCUT2D eigenvalue weighted by Crippen LogP contribution is -2.15. The molecular weight excluding hydrogens is 1020 g/mol. The van der Waals surface area contributed by atoms with E-state index in [2.05, 4.69) is 308 Å². The van der Waals surface area contributed by atoms with Crippen molar-refractivity contribution in [3.05, 3.63) is 300 Å². The van der Waals surface area contributed by atoms with E-state index in [0.717, 1.165) is 0 Å². The van der Waals surface area contributed by atoms with Gasteiger partial charge in [-0.3, -0.25) is 0 Å². The first-order valence-corrected chi connectivity index (χ1v) is 30.3. The van der Waals surface area contributed by atoms with Gasteiger partial charge in [-0.25, -0.2) is 0 Å². The Kier molecular flexibility index (Phi) is 10.6. The first-order chi connectivity index (χ1) is 41.4. The van der Waals surface area contributed by atoms with Gasteiger partial charge in [0.25, 0.3) is 0 Å². The van der Waals surface area contributed by atoms with Crippen LogP contribution < -0.4 is 0 Å². The highest BCUT2D eigenvalue weighted by molar-refractivity contribution is 6.23. The number of hydrogen-bond donors (Lipinski definition) is 0. The molecule has 3 aliphatic rings. The van der Waals surface area contributed by atoms with Gasteiger partial charge in [-0.2, -0.15) is 0 Å². The molecule has 0 radical (unpaired) electrons. The van der Waals surface area contributed by atoms with Gasteiger partial charge in [0.2, 0.25) is 0 Å². The van der Waals surface area contributed by atoms with E-state index in [1.54, 1.807) is 0 Å². The number of rotatable bonds is 6. The van der Waals surface area contributed by atoms with E-state index in [-0.39, 0.29) is 16.2 Å². The first kappa shape index (κ1) is 49.7. The molecule has 0 heterocycles. The highest BCUT2D eigenvalue weighted by Crippen LogP contribution is 2.56. The molecule has 0 bridgehead atoms. The van der Waals surface area contributed by atoms with Crippen LogP contribution in [0.1, 0.15) is 74.9 Å². The Balaban J connectivity index is 0.716. The van der Waals surface area contributed by atoms with E-state index in [1.165, 1.54) is 177 Å². The van der Waals surface area contributed by atoms with Crippen molar-refractivity contribution in [3.8, 4) is 100 Å².